The van der Waals surface area contributed by atoms with Gasteiger partial charge in [0.05, 0.1) is 6.61 Å². The molecule has 1 aromatic heterocycles. The van der Waals surface area contributed by atoms with Crippen LogP contribution in [-0.2, 0) is 11.3 Å². The van der Waals surface area contributed by atoms with E-state index in [1.54, 1.807) is 6.92 Å². The summed E-state index contributed by atoms with van der Waals surface area (Å²) in [5, 5.41) is 8.20. The fourth-order valence-electron chi connectivity index (χ4n) is 0.611. The number of halogens is 1. The van der Waals surface area contributed by atoms with Crippen LogP contribution in [0.15, 0.2) is 0 Å². The fraction of sp³-hybridized carbons (Fsp3) is 0.500. The maximum Gasteiger partial charge on any atom is 0.369 e. The average Bonchev–Trinajstić information content (AvgIpc) is 2.52. The molecule has 0 unspecified atom stereocenters. The third kappa shape index (κ3) is 3.25. The van der Waals surface area contributed by atoms with Crippen LogP contribution in [-0.4, -0.2) is 22.8 Å². The molecule has 1 rings (SSSR count). The van der Waals surface area contributed by atoms with Gasteiger partial charge in [-0.25, -0.2) is 4.79 Å². The molecule has 0 fully saturated rings. The normalized spacial score (nSPS) is 9.08. The summed E-state index contributed by atoms with van der Waals surface area (Å²) in [4.78, 5) is 11.0. The monoisotopic (exact) mass is 223 g/mol. The first-order valence-electron chi connectivity index (χ1n) is 3.47. The molecule has 0 amide bonds. The van der Waals surface area contributed by atoms with Gasteiger partial charge in [0.25, 0.3) is 0 Å². The van der Waals surface area contributed by atoms with E-state index in [-0.39, 0.29) is 17.4 Å². The molecule has 0 spiro atoms. The van der Waals surface area contributed by atoms with E-state index in [0.29, 0.717) is 18.2 Å². The van der Waals surface area contributed by atoms with E-state index in [2.05, 4.69) is 10.2 Å². The van der Waals surface area contributed by atoms with E-state index in [0.717, 1.165) is 11.3 Å². The predicted molar refractivity (Wildman–Crippen MR) is 51.0 cm³/mol. The highest BCUT2D eigenvalue weighted by atomic mass is 35.5. The van der Waals surface area contributed by atoms with E-state index < -0.39 is 5.97 Å². The van der Waals surface area contributed by atoms with Crippen molar-refractivity contribution in [1.29, 1.82) is 0 Å². The van der Waals surface area contributed by atoms with Crippen LogP contribution in [0.4, 0.5) is 0 Å². The molecule has 0 bridgehead atoms. The Kier molecular flexibility index (Phi) is 5.52. The molecule has 0 aliphatic heterocycles. The van der Waals surface area contributed by atoms with E-state index >= 15 is 0 Å². The average molecular weight is 224 g/mol. The molecule has 0 aromatic carbocycles. The van der Waals surface area contributed by atoms with Gasteiger partial charge in [-0.2, -0.15) is 0 Å². The van der Waals surface area contributed by atoms with Crippen molar-refractivity contribution in [3.63, 3.8) is 0 Å². The van der Waals surface area contributed by atoms with Crippen molar-refractivity contribution in [1.82, 2.24) is 10.2 Å². The molecule has 74 valence electrons. The molecule has 13 heavy (non-hydrogen) atoms. The molecular formula is C6H10ClN3O2S. The Hall–Kier alpha value is -0.720. The molecule has 1 heterocycles. The van der Waals surface area contributed by atoms with Gasteiger partial charge in [-0.3, -0.25) is 0 Å². The molecule has 5 nitrogen and oxygen atoms in total. The van der Waals surface area contributed by atoms with Crippen LogP contribution in [0.25, 0.3) is 0 Å². The van der Waals surface area contributed by atoms with Crippen LogP contribution in [0, 0.1) is 0 Å². The minimum absolute atomic E-state index is 0. The van der Waals surface area contributed by atoms with E-state index in [1.807, 2.05) is 0 Å². The SMILES string of the molecule is CCOC(=O)c1nnc(CN)s1.Cl. The molecule has 0 aliphatic carbocycles. The first-order valence-corrected chi connectivity index (χ1v) is 4.29. The summed E-state index contributed by atoms with van der Waals surface area (Å²) in [6.07, 6.45) is 0. The van der Waals surface area contributed by atoms with Gasteiger partial charge in [-0.15, -0.1) is 22.6 Å². The second-order valence-electron chi connectivity index (χ2n) is 1.93. The Bertz CT molecular complexity index is 279. The Labute approximate surface area is 85.7 Å². The fourth-order valence-corrected chi connectivity index (χ4v) is 1.22. The molecule has 0 aliphatic rings. The van der Waals surface area contributed by atoms with Gasteiger partial charge in [-0.05, 0) is 6.92 Å². The number of aromatic nitrogens is 2. The molecule has 0 radical (unpaired) electrons. The second-order valence-corrected chi connectivity index (χ2v) is 2.99. The second kappa shape index (κ2) is 5.85. The molecular weight excluding hydrogens is 214 g/mol. The van der Waals surface area contributed by atoms with Gasteiger partial charge in [0.1, 0.15) is 5.01 Å². The van der Waals surface area contributed by atoms with E-state index in [9.17, 15) is 4.79 Å². The van der Waals surface area contributed by atoms with Crippen LogP contribution >= 0.6 is 23.7 Å². The summed E-state index contributed by atoms with van der Waals surface area (Å²) < 4.78 is 4.71. The highest BCUT2D eigenvalue weighted by molar-refractivity contribution is 7.13. The molecule has 1 aromatic rings. The van der Waals surface area contributed by atoms with Crippen LogP contribution in [0.3, 0.4) is 0 Å². The molecule has 7 heteroatoms. The maximum atomic E-state index is 11.0. The van der Waals surface area contributed by atoms with Crippen molar-refractivity contribution in [2.24, 2.45) is 5.73 Å². The summed E-state index contributed by atoms with van der Waals surface area (Å²) in [6, 6.07) is 0. The first-order chi connectivity index (χ1) is 5.77. The zero-order valence-electron chi connectivity index (χ0n) is 7.02. The lowest BCUT2D eigenvalue weighted by Gasteiger charge is -1.94. The lowest BCUT2D eigenvalue weighted by atomic mass is 10.7. The first kappa shape index (κ1) is 12.3. The van der Waals surface area contributed by atoms with Crippen LogP contribution in [0.5, 0.6) is 0 Å². The molecule has 0 saturated heterocycles. The summed E-state index contributed by atoms with van der Waals surface area (Å²) in [5.74, 6) is -0.435. The van der Waals surface area contributed by atoms with Crippen molar-refractivity contribution in [2.75, 3.05) is 6.61 Å². The minimum atomic E-state index is -0.435. The van der Waals surface area contributed by atoms with Gasteiger partial charge in [0.2, 0.25) is 5.01 Å². The Balaban J connectivity index is 0.00000144. The van der Waals surface area contributed by atoms with Crippen molar-refractivity contribution in [3.05, 3.63) is 10.0 Å². The Morgan fingerprint density at radius 3 is 2.77 bits per heavy atom. The predicted octanol–water partition coefficient (Wildman–Crippen LogP) is 0.595. The summed E-state index contributed by atoms with van der Waals surface area (Å²) in [6.45, 7) is 2.39. The van der Waals surface area contributed by atoms with Crippen molar-refractivity contribution in [3.8, 4) is 0 Å². The molecule has 0 atom stereocenters. The van der Waals surface area contributed by atoms with Gasteiger partial charge < -0.3 is 10.5 Å². The minimum Gasteiger partial charge on any atom is -0.461 e. The van der Waals surface area contributed by atoms with Gasteiger partial charge in [-0.1, -0.05) is 11.3 Å². The number of carbonyl (C=O) groups is 1. The number of nitrogens with two attached hydrogens (primary N) is 1. The number of rotatable bonds is 3. The molecule has 2 N–H and O–H groups in total. The summed E-state index contributed by atoms with van der Waals surface area (Å²) in [7, 11) is 0. The Morgan fingerprint density at radius 1 is 1.62 bits per heavy atom. The van der Waals surface area contributed by atoms with Gasteiger partial charge in [0, 0.05) is 6.54 Å². The molecule has 0 saturated carbocycles. The number of ether oxygens (including phenoxy) is 1. The summed E-state index contributed by atoms with van der Waals surface area (Å²) in [5.41, 5.74) is 5.29. The van der Waals surface area contributed by atoms with E-state index in [1.165, 1.54) is 0 Å². The van der Waals surface area contributed by atoms with Crippen LogP contribution in [0.1, 0.15) is 21.7 Å². The largest absolute Gasteiger partial charge is 0.461 e. The number of carbonyl (C=O) groups excluding carboxylic acids is 1. The quantitative estimate of drug-likeness (QED) is 0.759. The topological polar surface area (TPSA) is 78.1 Å². The Morgan fingerprint density at radius 2 is 2.31 bits per heavy atom. The number of nitrogens with zero attached hydrogens (tertiary/aromatic N) is 2. The van der Waals surface area contributed by atoms with Crippen molar-refractivity contribution >= 4 is 29.7 Å². The number of hydrogen-bond acceptors (Lipinski definition) is 6. The van der Waals surface area contributed by atoms with Crippen LogP contribution in [0.2, 0.25) is 0 Å². The van der Waals surface area contributed by atoms with Crippen molar-refractivity contribution < 1.29 is 9.53 Å². The zero-order valence-corrected chi connectivity index (χ0v) is 8.65. The van der Waals surface area contributed by atoms with Gasteiger partial charge in [0.15, 0.2) is 0 Å². The third-order valence-electron chi connectivity index (χ3n) is 1.09. The van der Waals surface area contributed by atoms with Crippen molar-refractivity contribution in [2.45, 2.75) is 13.5 Å². The zero-order chi connectivity index (χ0) is 8.97. The standard InChI is InChI=1S/C6H9N3O2S.ClH/c1-2-11-6(10)5-9-8-4(3-7)12-5;/h2-3,7H2,1H3;1H. The van der Waals surface area contributed by atoms with Crippen LogP contribution < -0.4 is 5.73 Å². The number of hydrogen-bond donors (Lipinski definition) is 1. The smallest absolute Gasteiger partial charge is 0.369 e. The highest BCUT2D eigenvalue weighted by Crippen LogP contribution is 2.09. The summed E-state index contributed by atoms with van der Waals surface area (Å²) >= 11 is 1.16. The third-order valence-corrected chi connectivity index (χ3v) is 2.02. The maximum absolute atomic E-state index is 11.0. The number of esters is 1. The van der Waals surface area contributed by atoms with E-state index in [4.69, 9.17) is 10.5 Å². The highest BCUT2D eigenvalue weighted by Gasteiger charge is 2.12. The van der Waals surface area contributed by atoms with Gasteiger partial charge >= 0.3 is 5.97 Å². The lowest BCUT2D eigenvalue weighted by molar-refractivity contribution is 0.0525. The lowest BCUT2D eigenvalue weighted by Crippen LogP contribution is -2.03.